The van der Waals surface area contributed by atoms with Crippen LogP contribution in [-0.4, -0.2) is 0 Å². The maximum Gasteiger partial charge on any atom is 0.0352 e. The Labute approximate surface area is 99.9 Å². The van der Waals surface area contributed by atoms with E-state index in [0.717, 1.165) is 6.42 Å². The predicted octanol–water partition coefficient (Wildman–Crippen LogP) is 4.73. The second-order valence-corrected chi connectivity index (χ2v) is 5.51. The Hall–Kier alpha value is -1.34. The minimum Gasteiger partial charge on any atom is -0.136 e. The van der Waals surface area contributed by atoms with Gasteiger partial charge in [-0.3, -0.25) is 0 Å². The molecule has 0 atom stereocenters. The molecule has 0 radical (unpaired) electrons. The lowest BCUT2D eigenvalue weighted by Crippen LogP contribution is -1.81. The van der Waals surface area contributed by atoms with Crippen molar-refractivity contribution in [3.63, 3.8) is 0 Å². The molecule has 2 aromatic rings. The van der Waals surface area contributed by atoms with E-state index >= 15 is 0 Å². The lowest BCUT2D eigenvalue weighted by atomic mass is 10.1. The van der Waals surface area contributed by atoms with E-state index in [1.807, 2.05) is 11.3 Å². The molecule has 0 bridgehead atoms. The predicted molar refractivity (Wildman–Crippen MR) is 73.1 cm³/mol. The van der Waals surface area contributed by atoms with E-state index < -0.39 is 0 Å². The Kier molecular flexibility index (Phi) is 2.22. The summed E-state index contributed by atoms with van der Waals surface area (Å²) in [7, 11) is 0. The van der Waals surface area contributed by atoms with Gasteiger partial charge in [-0.15, -0.1) is 11.3 Å². The van der Waals surface area contributed by atoms with Gasteiger partial charge < -0.3 is 0 Å². The zero-order chi connectivity index (χ0) is 11.1. The monoisotopic (exact) mass is 226 g/mol. The second kappa shape index (κ2) is 3.60. The van der Waals surface area contributed by atoms with Crippen molar-refractivity contribution in [1.29, 1.82) is 0 Å². The number of thiophene rings is 1. The minimum atomic E-state index is 1.07. The summed E-state index contributed by atoms with van der Waals surface area (Å²) in [5.41, 5.74) is 4.21. The van der Waals surface area contributed by atoms with Crippen molar-refractivity contribution in [3.05, 3.63) is 51.9 Å². The molecule has 0 saturated heterocycles. The molecule has 0 amide bonds. The van der Waals surface area contributed by atoms with Crippen LogP contribution < -0.4 is 0 Å². The summed E-state index contributed by atoms with van der Waals surface area (Å²) in [6.07, 6.45) is 7.86. The Balaban J connectivity index is 2.29. The van der Waals surface area contributed by atoms with Crippen LogP contribution in [0.4, 0.5) is 0 Å². The van der Waals surface area contributed by atoms with Crippen LogP contribution in [0.15, 0.2) is 35.9 Å². The zero-order valence-electron chi connectivity index (χ0n) is 9.58. The van der Waals surface area contributed by atoms with E-state index in [1.54, 1.807) is 0 Å². The Morgan fingerprint density at radius 1 is 1.12 bits per heavy atom. The molecular weight excluding hydrogens is 212 g/mol. The van der Waals surface area contributed by atoms with Gasteiger partial charge >= 0.3 is 0 Å². The highest BCUT2D eigenvalue weighted by Crippen LogP contribution is 2.35. The molecule has 1 heterocycles. The van der Waals surface area contributed by atoms with E-state index in [4.69, 9.17) is 0 Å². The molecule has 0 aliphatic heterocycles. The third kappa shape index (κ3) is 1.52. The van der Waals surface area contributed by atoms with Crippen molar-refractivity contribution in [2.45, 2.75) is 20.3 Å². The van der Waals surface area contributed by atoms with Crippen LogP contribution in [0.2, 0.25) is 0 Å². The molecule has 0 saturated carbocycles. The minimum absolute atomic E-state index is 1.07. The number of hydrogen-bond donors (Lipinski definition) is 0. The first kappa shape index (κ1) is 9.86. The first-order chi connectivity index (χ1) is 7.74. The maximum absolute atomic E-state index is 2.32. The van der Waals surface area contributed by atoms with E-state index in [2.05, 4.69) is 50.3 Å². The summed E-state index contributed by atoms with van der Waals surface area (Å²) in [5.74, 6) is 0. The fraction of sp³-hybridized carbons (Fsp3) is 0.200. The molecule has 3 rings (SSSR count). The normalized spacial score (nSPS) is 14.8. The van der Waals surface area contributed by atoms with Gasteiger partial charge in [0.15, 0.2) is 0 Å². The first-order valence-corrected chi connectivity index (χ1v) is 6.42. The third-order valence-electron chi connectivity index (χ3n) is 3.10. The molecule has 1 aliphatic rings. The Morgan fingerprint density at radius 2 is 2.00 bits per heavy atom. The molecule has 1 aliphatic carbocycles. The summed E-state index contributed by atoms with van der Waals surface area (Å²) < 4.78 is 1.41. The van der Waals surface area contributed by atoms with Crippen molar-refractivity contribution < 1.29 is 0 Å². The van der Waals surface area contributed by atoms with Gasteiger partial charge in [0.05, 0.1) is 0 Å². The van der Waals surface area contributed by atoms with E-state index in [9.17, 15) is 0 Å². The molecule has 16 heavy (non-hydrogen) atoms. The van der Waals surface area contributed by atoms with Crippen molar-refractivity contribution in [2.24, 2.45) is 0 Å². The average Bonchev–Trinajstić information content (AvgIpc) is 2.50. The molecule has 1 heteroatoms. The Bertz CT molecular complexity index is 612. The smallest absolute Gasteiger partial charge is 0.0352 e. The lowest BCUT2D eigenvalue weighted by molar-refractivity contribution is 1.28. The molecule has 80 valence electrons. The number of aryl methyl sites for hydroxylation is 1. The summed E-state index contributed by atoms with van der Waals surface area (Å²) in [6.45, 7) is 4.33. The van der Waals surface area contributed by atoms with Gasteiger partial charge in [0.2, 0.25) is 0 Å². The van der Waals surface area contributed by atoms with Crippen molar-refractivity contribution >= 4 is 27.5 Å². The highest BCUT2D eigenvalue weighted by Gasteiger charge is 2.10. The fourth-order valence-electron chi connectivity index (χ4n) is 2.16. The lowest BCUT2D eigenvalue weighted by Gasteiger charge is -1.97. The Morgan fingerprint density at radius 3 is 2.88 bits per heavy atom. The topological polar surface area (TPSA) is 0 Å². The molecule has 0 nitrogen and oxygen atoms in total. The summed E-state index contributed by atoms with van der Waals surface area (Å²) in [6, 6.07) is 6.75. The van der Waals surface area contributed by atoms with Crippen LogP contribution in [0, 0.1) is 6.92 Å². The SMILES string of the molecule is CC1=CCc2c(sc3ccc(C)cc23)C=C1. The maximum atomic E-state index is 2.32. The third-order valence-corrected chi connectivity index (χ3v) is 4.28. The van der Waals surface area contributed by atoms with E-state index in [-0.39, 0.29) is 0 Å². The molecule has 0 spiro atoms. The molecule has 1 aromatic heterocycles. The highest BCUT2D eigenvalue weighted by molar-refractivity contribution is 7.20. The first-order valence-electron chi connectivity index (χ1n) is 5.61. The van der Waals surface area contributed by atoms with Gasteiger partial charge in [-0.2, -0.15) is 0 Å². The number of allylic oxidation sites excluding steroid dienone is 3. The second-order valence-electron chi connectivity index (χ2n) is 4.43. The summed E-state index contributed by atoms with van der Waals surface area (Å²) in [4.78, 5) is 1.42. The largest absolute Gasteiger partial charge is 0.136 e. The standard InChI is InChI=1S/C15H14S/c1-10-3-6-12-13-9-11(2)5-8-15(13)16-14(12)7-4-10/h3-5,7-9H,6H2,1-2H3. The van der Waals surface area contributed by atoms with Crippen LogP contribution in [0.25, 0.3) is 16.2 Å². The summed E-state index contributed by atoms with van der Waals surface area (Å²) >= 11 is 1.90. The highest BCUT2D eigenvalue weighted by atomic mass is 32.1. The van der Waals surface area contributed by atoms with E-state index in [0.29, 0.717) is 0 Å². The van der Waals surface area contributed by atoms with Gasteiger partial charge in [-0.05, 0) is 43.4 Å². The zero-order valence-corrected chi connectivity index (χ0v) is 10.4. The summed E-state index contributed by atoms with van der Waals surface area (Å²) in [5, 5.41) is 1.44. The number of fused-ring (bicyclic) bond motifs is 3. The van der Waals surface area contributed by atoms with E-state index in [1.165, 1.54) is 31.7 Å². The average molecular weight is 226 g/mol. The van der Waals surface area contributed by atoms with Crippen molar-refractivity contribution in [2.75, 3.05) is 0 Å². The number of benzene rings is 1. The number of hydrogen-bond acceptors (Lipinski definition) is 1. The van der Waals surface area contributed by atoms with Crippen molar-refractivity contribution in [1.82, 2.24) is 0 Å². The molecular formula is C15H14S. The molecule has 0 unspecified atom stereocenters. The van der Waals surface area contributed by atoms with Gasteiger partial charge in [0, 0.05) is 9.58 Å². The van der Waals surface area contributed by atoms with Gasteiger partial charge in [-0.1, -0.05) is 35.4 Å². The van der Waals surface area contributed by atoms with Crippen LogP contribution >= 0.6 is 11.3 Å². The van der Waals surface area contributed by atoms with Gasteiger partial charge in [-0.25, -0.2) is 0 Å². The van der Waals surface area contributed by atoms with Crippen LogP contribution in [-0.2, 0) is 6.42 Å². The van der Waals surface area contributed by atoms with Gasteiger partial charge in [0.25, 0.3) is 0 Å². The van der Waals surface area contributed by atoms with Crippen LogP contribution in [0.3, 0.4) is 0 Å². The quantitative estimate of drug-likeness (QED) is 0.609. The fourth-order valence-corrected chi connectivity index (χ4v) is 3.28. The molecule has 1 aromatic carbocycles. The number of rotatable bonds is 0. The van der Waals surface area contributed by atoms with Gasteiger partial charge in [0.1, 0.15) is 0 Å². The molecule has 0 N–H and O–H groups in total. The van der Waals surface area contributed by atoms with Crippen LogP contribution in [0.5, 0.6) is 0 Å². The van der Waals surface area contributed by atoms with Crippen molar-refractivity contribution in [3.8, 4) is 0 Å². The van der Waals surface area contributed by atoms with Crippen LogP contribution in [0.1, 0.15) is 22.9 Å². The molecule has 0 fully saturated rings.